The molecule has 3 aliphatic rings. The first kappa shape index (κ1) is 12.0. The molecule has 0 aliphatic heterocycles. The van der Waals surface area contributed by atoms with Crippen LogP contribution in [0.5, 0.6) is 0 Å². The third-order valence-corrected chi connectivity index (χ3v) is 6.58. The van der Waals surface area contributed by atoms with Crippen molar-refractivity contribution in [1.29, 1.82) is 0 Å². The maximum Gasteiger partial charge on any atom is 0.0621 e. The monoisotopic (exact) mass is 238 g/mol. The molecule has 3 rings (SSSR count). The Bertz CT molecular complexity index is 325. The summed E-state index contributed by atoms with van der Waals surface area (Å²) < 4.78 is 0. The molecular weight excluding hydrogens is 212 g/mol. The molecule has 3 aliphatic carbocycles. The minimum Gasteiger partial charge on any atom is -0.396 e. The third-order valence-electron chi connectivity index (χ3n) is 6.58. The fraction of sp³-hybridized carbons (Fsp3) is 1.00. The second kappa shape index (κ2) is 3.48. The van der Waals surface area contributed by atoms with Crippen LogP contribution >= 0.6 is 0 Å². The Morgan fingerprint density at radius 2 is 1.82 bits per heavy atom. The summed E-state index contributed by atoms with van der Waals surface area (Å²) in [6.45, 7) is 7.27. The van der Waals surface area contributed by atoms with Crippen LogP contribution in [0.15, 0.2) is 0 Å². The van der Waals surface area contributed by atoms with Gasteiger partial charge in [0.15, 0.2) is 0 Å². The summed E-state index contributed by atoms with van der Waals surface area (Å²) >= 11 is 0. The van der Waals surface area contributed by atoms with E-state index in [9.17, 15) is 10.2 Å². The van der Waals surface area contributed by atoms with Gasteiger partial charge in [0.25, 0.3) is 0 Å². The summed E-state index contributed by atoms with van der Waals surface area (Å²) in [5, 5.41) is 20.3. The van der Waals surface area contributed by atoms with Crippen molar-refractivity contribution in [3.05, 3.63) is 0 Å². The fourth-order valence-corrected chi connectivity index (χ4v) is 5.49. The first-order valence-electron chi connectivity index (χ1n) is 7.24. The largest absolute Gasteiger partial charge is 0.396 e. The Morgan fingerprint density at radius 1 is 1.12 bits per heavy atom. The molecule has 3 fully saturated rings. The van der Waals surface area contributed by atoms with Gasteiger partial charge in [0.2, 0.25) is 0 Å². The van der Waals surface area contributed by atoms with Gasteiger partial charge >= 0.3 is 0 Å². The highest BCUT2D eigenvalue weighted by molar-refractivity contribution is 5.17. The van der Waals surface area contributed by atoms with Crippen molar-refractivity contribution in [2.45, 2.75) is 52.6 Å². The summed E-state index contributed by atoms with van der Waals surface area (Å²) in [6, 6.07) is 0. The van der Waals surface area contributed by atoms with Crippen molar-refractivity contribution in [2.75, 3.05) is 6.61 Å². The second-order valence-corrected chi connectivity index (χ2v) is 7.48. The molecule has 17 heavy (non-hydrogen) atoms. The van der Waals surface area contributed by atoms with Crippen LogP contribution in [-0.2, 0) is 0 Å². The Morgan fingerprint density at radius 3 is 2.47 bits per heavy atom. The van der Waals surface area contributed by atoms with E-state index in [1.54, 1.807) is 0 Å². The van der Waals surface area contributed by atoms with Gasteiger partial charge in [-0.2, -0.15) is 0 Å². The SMILES string of the molecule is C[C@@H]1CC[C@@H](O)[C@@]2(CO)CC[C@@H]3[C@@H]([C@@H]12)C3(C)C. The lowest BCUT2D eigenvalue weighted by Crippen LogP contribution is -2.53. The van der Waals surface area contributed by atoms with Gasteiger partial charge in [-0.3, -0.25) is 0 Å². The molecule has 0 heterocycles. The Kier molecular flexibility index (Phi) is 2.45. The van der Waals surface area contributed by atoms with Crippen molar-refractivity contribution in [3.8, 4) is 0 Å². The minimum atomic E-state index is -0.272. The van der Waals surface area contributed by atoms with Gasteiger partial charge in [-0.25, -0.2) is 0 Å². The van der Waals surface area contributed by atoms with E-state index in [0.29, 0.717) is 17.3 Å². The molecule has 0 bridgehead atoms. The second-order valence-electron chi connectivity index (χ2n) is 7.48. The summed E-state index contributed by atoms with van der Waals surface area (Å²) in [7, 11) is 0. The molecule has 0 amide bonds. The third kappa shape index (κ3) is 1.34. The zero-order valence-corrected chi connectivity index (χ0v) is 11.3. The molecule has 0 spiro atoms. The molecule has 0 aromatic rings. The standard InChI is InChI=1S/C15H26O2/c1-9-4-5-11(17)15(8-16)7-6-10-13(12(9)15)14(10,2)3/h9-13,16-17H,4-8H2,1-3H3/t9-,10-,11-,12-,13+,15+/m1/s1. The lowest BCUT2D eigenvalue weighted by atomic mass is 9.54. The number of aliphatic hydroxyl groups excluding tert-OH is 2. The molecule has 3 saturated carbocycles. The predicted octanol–water partition coefficient (Wildman–Crippen LogP) is 2.44. The average Bonchev–Trinajstić information content (AvgIpc) is 2.86. The van der Waals surface area contributed by atoms with Crippen LogP contribution in [0, 0.1) is 34.5 Å². The van der Waals surface area contributed by atoms with E-state index < -0.39 is 0 Å². The number of rotatable bonds is 1. The van der Waals surface area contributed by atoms with Crippen molar-refractivity contribution in [1.82, 2.24) is 0 Å². The number of fused-ring (bicyclic) bond motifs is 3. The van der Waals surface area contributed by atoms with Crippen LogP contribution in [0.3, 0.4) is 0 Å². The van der Waals surface area contributed by atoms with E-state index in [1.165, 1.54) is 6.42 Å². The highest BCUT2D eigenvalue weighted by Gasteiger charge is 2.69. The zero-order chi connectivity index (χ0) is 12.4. The lowest BCUT2D eigenvalue weighted by molar-refractivity contribution is -0.132. The van der Waals surface area contributed by atoms with Gasteiger partial charge in [-0.1, -0.05) is 20.8 Å². The molecule has 98 valence electrons. The normalized spacial score (nSPS) is 55.9. The summed E-state index contributed by atoms with van der Waals surface area (Å²) in [4.78, 5) is 0. The van der Waals surface area contributed by atoms with Crippen molar-refractivity contribution < 1.29 is 10.2 Å². The van der Waals surface area contributed by atoms with Gasteiger partial charge in [-0.15, -0.1) is 0 Å². The minimum absolute atomic E-state index is 0.174. The van der Waals surface area contributed by atoms with Crippen LogP contribution in [0.4, 0.5) is 0 Å². The van der Waals surface area contributed by atoms with Crippen molar-refractivity contribution >= 4 is 0 Å². The number of hydrogen-bond acceptors (Lipinski definition) is 2. The Hall–Kier alpha value is -0.0800. The smallest absolute Gasteiger partial charge is 0.0621 e. The van der Waals surface area contributed by atoms with E-state index >= 15 is 0 Å². The molecule has 0 unspecified atom stereocenters. The highest BCUT2D eigenvalue weighted by Crippen LogP contribution is 2.73. The molecule has 2 N–H and O–H groups in total. The van der Waals surface area contributed by atoms with Crippen LogP contribution < -0.4 is 0 Å². The number of aliphatic hydroxyl groups is 2. The number of hydrogen-bond donors (Lipinski definition) is 2. The topological polar surface area (TPSA) is 40.5 Å². The molecular formula is C15H26O2. The van der Waals surface area contributed by atoms with E-state index in [0.717, 1.165) is 31.1 Å². The molecule has 2 nitrogen and oxygen atoms in total. The average molecular weight is 238 g/mol. The maximum absolute atomic E-state index is 10.4. The van der Waals surface area contributed by atoms with Crippen molar-refractivity contribution in [3.63, 3.8) is 0 Å². The van der Waals surface area contributed by atoms with E-state index in [1.807, 2.05) is 0 Å². The van der Waals surface area contributed by atoms with E-state index in [-0.39, 0.29) is 18.1 Å². The van der Waals surface area contributed by atoms with Crippen LogP contribution in [-0.4, -0.2) is 22.9 Å². The Balaban J connectivity index is 1.97. The predicted molar refractivity (Wildman–Crippen MR) is 67.4 cm³/mol. The molecule has 2 heteroatoms. The Labute approximate surface area is 104 Å². The van der Waals surface area contributed by atoms with Gasteiger partial charge in [0.05, 0.1) is 12.7 Å². The first-order chi connectivity index (χ1) is 7.95. The van der Waals surface area contributed by atoms with E-state index in [2.05, 4.69) is 20.8 Å². The van der Waals surface area contributed by atoms with Gasteiger partial charge < -0.3 is 10.2 Å². The molecule has 0 radical (unpaired) electrons. The van der Waals surface area contributed by atoms with Crippen LogP contribution in [0.2, 0.25) is 0 Å². The van der Waals surface area contributed by atoms with Crippen molar-refractivity contribution in [2.24, 2.45) is 34.5 Å². The van der Waals surface area contributed by atoms with Crippen LogP contribution in [0.1, 0.15) is 46.5 Å². The van der Waals surface area contributed by atoms with E-state index in [4.69, 9.17) is 0 Å². The van der Waals surface area contributed by atoms with Gasteiger partial charge in [0, 0.05) is 5.41 Å². The van der Waals surface area contributed by atoms with Gasteiger partial charge in [-0.05, 0) is 54.8 Å². The van der Waals surface area contributed by atoms with Gasteiger partial charge in [0.1, 0.15) is 0 Å². The van der Waals surface area contributed by atoms with Crippen LogP contribution in [0.25, 0.3) is 0 Å². The molecule has 0 aromatic carbocycles. The summed E-state index contributed by atoms with van der Waals surface area (Å²) in [5.41, 5.74) is 0.277. The quantitative estimate of drug-likeness (QED) is 0.736. The highest BCUT2D eigenvalue weighted by atomic mass is 16.3. The first-order valence-corrected chi connectivity index (χ1v) is 7.24. The molecule has 6 atom stereocenters. The fourth-order valence-electron chi connectivity index (χ4n) is 5.49. The summed E-state index contributed by atoms with van der Waals surface area (Å²) in [5.74, 6) is 2.80. The summed E-state index contributed by atoms with van der Waals surface area (Å²) in [6.07, 6.45) is 3.98. The lowest BCUT2D eigenvalue weighted by Gasteiger charge is -2.52. The maximum atomic E-state index is 10.4. The zero-order valence-electron chi connectivity index (χ0n) is 11.3. The molecule has 0 saturated heterocycles. The molecule has 0 aromatic heterocycles.